The number of para-hydroxylation sites is 2. The Morgan fingerprint density at radius 1 is 0.943 bits per heavy atom. The zero-order chi connectivity index (χ0) is 23.8. The highest BCUT2D eigenvalue weighted by Gasteiger charge is 2.26. The molecule has 2 heterocycles. The minimum Gasteiger partial charge on any atom is -0.508 e. The fourth-order valence-corrected chi connectivity index (χ4v) is 7.10. The lowest BCUT2D eigenvalue weighted by molar-refractivity contribution is 0.476. The molecule has 0 saturated carbocycles. The van der Waals surface area contributed by atoms with Crippen LogP contribution in [0.5, 0.6) is 5.75 Å². The molecule has 0 bridgehead atoms. The number of aromatic nitrogens is 1. The van der Waals surface area contributed by atoms with Crippen LogP contribution in [0.2, 0.25) is 0 Å². The van der Waals surface area contributed by atoms with Crippen molar-refractivity contribution in [2.45, 2.75) is 35.8 Å². The number of thioether (sulfide) groups is 1. The number of benzene rings is 4. The van der Waals surface area contributed by atoms with Crippen molar-refractivity contribution in [2.75, 3.05) is 0 Å². The highest BCUT2D eigenvalue weighted by molar-refractivity contribution is 8.01. The third-order valence-corrected chi connectivity index (χ3v) is 8.78. The second-order valence-corrected chi connectivity index (χ2v) is 11.2. The number of thiazole rings is 1. The molecule has 0 aliphatic rings. The molecule has 35 heavy (non-hydrogen) atoms. The Morgan fingerprint density at radius 3 is 2.63 bits per heavy atom. The normalized spacial score (nSPS) is 12.6. The molecular formula is C30H25NO2S2. The summed E-state index contributed by atoms with van der Waals surface area (Å²) < 4.78 is 8.69. The zero-order valence-electron chi connectivity index (χ0n) is 19.4. The number of phenolic OH excluding ortho intramolecular Hbond substituents is 1. The molecule has 0 spiro atoms. The van der Waals surface area contributed by atoms with Gasteiger partial charge in [0.2, 0.25) is 0 Å². The first-order valence-corrected chi connectivity index (χ1v) is 13.6. The first kappa shape index (κ1) is 22.2. The highest BCUT2D eigenvalue weighted by atomic mass is 32.2. The van der Waals surface area contributed by atoms with Crippen LogP contribution in [0.15, 0.2) is 93.7 Å². The molecule has 6 rings (SSSR count). The number of unbranched alkanes of at least 4 members (excludes halogenated alkanes) is 1. The molecule has 4 aromatic carbocycles. The van der Waals surface area contributed by atoms with E-state index >= 15 is 0 Å². The monoisotopic (exact) mass is 495 g/mol. The van der Waals surface area contributed by atoms with E-state index in [4.69, 9.17) is 9.40 Å². The van der Waals surface area contributed by atoms with Crippen molar-refractivity contribution >= 4 is 55.1 Å². The Balaban J connectivity index is 1.54. The lowest BCUT2D eigenvalue weighted by Crippen LogP contribution is -2.00. The number of aryl methyl sites for hydroxylation is 1. The van der Waals surface area contributed by atoms with Crippen molar-refractivity contribution in [3.8, 4) is 5.75 Å². The van der Waals surface area contributed by atoms with Crippen molar-refractivity contribution in [1.29, 1.82) is 0 Å². The number of furan rings is 1. The Morgan fingerprint density at radius 2 is 1.74 bits per heavy atom. The summed E-state index contributed by atoms with van der Waals surface area (Å²) in [6.07, 6.45) is 3.12. The van der Waals surface area contributed by atoms with E-state index in [-0.39, 0.29) is 11.0 Å². The predicted octanol–water partition coefficient (Wildman–Crippen LogP) is 9.13. The zero-order valence-corrected chi connectivity index (χ0v) is 21.0. The molecule has 6 aromatic rings. The third kappa shape index (κ3) is 4.30. The molecule has 0 aliphatic carbocycles. The van der Waals surface area contributed by atoms with Gasteiger partial charge in [-0.3, -0.25) is 0 Å². The lowest BCUT2D eigenvalue weighted by atomic mass is 9.97. The van der Waals surface area contributed by atoms with Gasteiger partial charge < -0.3 is 9.52 Å². The first-order valence-electron chi connectivity index (χ1n) is 11.9. The number of phenols is 1. The van der Waals surface area contributed by atoms with Crippen LogP contribution in [-0.4, -0.2) is 10.1 Å². The SMILES string of the molecule is CCCCc1oc2ccccc2c1C(Sc1nc2ccccc2s1)c1ccc2cc(O)ccc2c1. The standard InChI is InChI=1S/C30H25NO2S2/c1-2-3-10-26-28(23-8-4-6-11-25(23)33-26)29(35-30-31-24-9-5-7-12-27(24)34-30)21-14-13-20-18-22(32)16-15-19(20)17-21/h4-9,11-18,29,32H,2-3,10H2,1H3. The van der Waals surface area contributed by atoms with Gasteiger partial charge in [0.05, 0.1) is 15.5 Å². The van der Waals surface area contributed by atoms with E-state index in [1.165, 1.54) is 21.2 Å². The molecule has 5 heteroatoms. The Bertz CT molecular complexity index is 1620. The van der Waals surface area contributed by atoms with Crippen LogP contribution in [0.1, 0.15) is 41.9 Å². The summed E-state index contributed by atoms with van der Waals surface area (Å²) in [5, 5.41) is 13.3. The van der Waals surface area contributed by atoms with Gasteiger partial charge >= 0.3 is 0 Å². The molecule has 2 aromatic heterocycles. The Kier molecular flexibility index (Phi) is 5.96. The van der Waals surface area contributed by atoms with Crippen molar-refractivity contribution in [3.63, 3.8) is 0 Å². The summed E-state index contributed by atoms with van der Waals surface area (Å²) in [6.45, 7) is 2.22. The maximum absolute atomic E-state index is 9.94. The van der Waals surface area contributed by atoms with Crippen LogP contribution in [0.25, 0.3) is 32.0 Å². The molecule has 0 radical (unpaired) electrons. The lowest BCUT2D eigenvalue weighted by Gasteiger charge is -2.18. The van der Waals surface area contributed by atoms with Crippen LogP contribution in [-0.2, 0) is 6.42 Å². The molecular weight excluding hydrogens is 470 g/mol. The van der Waals surface area contributed by atoms with Gasteiger partial charge in [0, 0.05) is 17.4 Å². The van der Waals surface area contributed by atoms with Crippen LogP contribution < -0.4 is 0 Å². The summed E-state index contributed by atoms with van der Waals surface area (Å²) in [5.74, 6) is 1.35. The van der Waals surface area contributed by atoms with Crippen LogP contribution in [0, 0.1) is 0 Å². The van der Waals surface area contributed by atoms with Gasteiger partial charge in [0.25, 0.3) is 0 Å². The molecule has 1 N–H and O–H groups in total. The molecule has 3 nitrogen and oxygen atoms in total. The average Bonchev–Trinajstić information content (AvgIpc) is 3.46. The Labute approximate surface area is 212 Å². The maximum Gasteiger partial charge on any atom is 0.152 e. The second kappa shape index (κ2) is 9.40. The molecule has 0 amide bonds. The van der Waals surface area contributed by atoms with Gasteiger partial charge in [-0.2, -0.15) is 0 Å². The molecule has 174 valence electrons. The van der Waals surface area contributed by atoms with Crippen LogP contribution in [0.4, 0.5) is 0 Å². The van der Waals surface area contributed by atoms with E-state index in [9.17, 15) is 5.11 Å². The third-order valence-electron chi connectivity index (χ3n) is 6.37. The maximum atomic E-state index is 9.94. The second-order valence-electron chi connectivity index (χ2n) is 8.77. The van der Waals surface area contributed by atoms with E-state index < -0.39 is 0 Å². The Hall–Kier alpha value is -3.28. The number of aromatic hydroxyl groups is 1. The van der Waals surface area contributed by atoms with Gasteiger partial charge in [-0.15, -0.1) is 11.3 Å². The smallest absolute Gasteiger partial charge is 0.152 e. The van der Waals surface area contributed by atoms with Crippen LogP contribution >= 0.6 is 23.1 Å². The van der Waals surface area contributed by atoms with Crippen molar-refractivity contribution in [1.82, 2.24) is 4.98 Å². The van der Waals surface area contributed by atoms with Crippen molar-refractivity contribution < 1.29 is 9.52 Å². The number of nitrogens with zero attached hydrogens (tertiary/aromatic N) is 1. The van der Waals surface area contributed by atoms with Crippen molar-refractivity contribution in [2.24, 2.45) is 0 Å². The highest BCUT2D eigenvalue weighted by Crippen LogP contribution is 2.48. The van der Waals surface area contributed by atoms with E-state index in [0.29, 0.717) is 0 Å². The summed E-state index contributed by atoms with van der Waals surface area (Å²) in [5.41, 5.74) is 4.43. The topological polar surface area (TPSA) is 46.3 Å². The molecule has 0 aliphatic heterocycles. The predicted molar refractivity (Wildman–Crippen MR) is 148 cm³/mol. The van der Waals surface area contributed by atoms with Gasteiger partial charge in [-0.05, 0) is 59.2 Å². The fraction of sp³-hybridized carbons (Fsp3) is 0.167. The van der Waals surface area contributed by atoms with E-state index in [1.807, 2.05) is 24.3 Å². The summed E-state index contributed by atoms with van der Waals surface area (Å²) in [4.78, 5) is 4.95. The van der Waals surface area contributed by atoms with Crippen molar-refractivity contribution in [3.05, 3.63) is 102 Å². The summed E-state index contributed by atoms with van der Waals surface area (Å²) in [7, 11) is 0. The minimum atomic E-state index is 0.0317. The number of fused-ring (bicyclic) bond motifs is 3. The largest absolute Gasteiger partial charge is 0.508 e. The summed E-state index contributed by atoms with van der Waals surface area (Å²) >= 11 is 3.54. The quantitative estimate of drug-likeness (QED) is 0.224. The summed E-state index contributed by atoms with van der Waals surface area (Å²) in [6, 6.07) is 28.8. The molecule has 1 unspecified atom stereocenters. The number of hydrogen-bond donors (Lipinski definition) is 1. The van der Waals surface area contributed by atoms with Gasteiger partial charge in [-0.1, -0.05) is 73.6 Å². The minimum absolute atomic E-state index is 0.0317. The van der Waals surface area contributed by atoms with Gasteiger partial charge in [-0.25, -0.2) is 4.98 Å². The van der Waals surface area contributed by atoms with Crippen LogP contribution in [0.3, 0.4) is 0 Å². The van der Waals surface area contributed by atoms with Gasteiger partial charge in [0.15, 0.2) is 4.34 Å². The van der Waals surface area contributed by atoms with E-state index in [2.05, 4.69) is 61.5 Å². The molecule has 0 fully saturated rings. The van der Waals surface area contributed by atoms with E-state index in [0.717, 1.165) is 51.2 Å². The average molecular weight is 496 g/mol. The van der Waals surface area contributed by atoms with E-state index in [1.54, 1.807) is 29.2 Å². The number of hydrogen-bond acceptors (Lipinski definition) is 5. The van der Waals surface area contributed by atoms with Gasteiger partial charge in [0.1, 0.15) is 17.1 Å². The number of rotatable bonds is 7. The fourth-order valence-electron chi connectivity index (χ4n) is 4.64. The molecule has 1 atom stereocenters. The first-order chi connectivity index (χ1) is 17.2. The molecule has 0 saturated heterocycles.